The largest absolute Gasteiger partial charge is 0.372 e. The molecule has 1 aromatic carbocycles. The summed E-state index contributed by atoms with van der Waals surface area (Å²) in [6.07, 6.45) is 4.98. The van der Waals surface area contributed by atoms with Crippen molar-refractivity contribution in [2.24, 2.45) is 4.99 Å². The predicted octanol–water partition coefficient (Wildman–Crippen LogP) is 4.11. The number of anilines is 1. The summed E-state index contributed by atoms with van der Waals surface area (Å²) in [4.78, 5) is 23.3. The first kappa shape index (κ1) is 16.1. The van der Waals surface area contributed by atoms with E-state index < -0.39 is 0 Å². The summed E-state index contributed by atoms with van der Waals surface area (Å²) in [5.74, 6) is -0.0652. The highest BCUT2D eigenvalue weighted by atomic mass is 16.1. The summed E-state index contributed by atoms with van der Waals surface area (Å²) in [6.45, 7) is 8.23. The number of rotatable bonds is 4. The van der Waals surface area contributed by atoms with Crippen molar-refractivity contribution in [2.75, 3.05) is 18.0 Å². The maximum absolute atomic E-state index is 12.0. The molecule has 24 heavy (non-hydrogen) atoms. The quantitative estimate of drug-likeness (QED) is 0.852. The van der Waals surface area contributed by atoms with Crippen molar-refractivity contribution in [3.63, 3.8) is 0 Å². The van der Waals surface area contributed by atoms with E-state index in [2.05, 4.69) is 35.9 Å². The third-order valence-electron chi connectivity index (χ3n) is 4.27. The van der Waals surface area contributed by atoms with E-state index in [1.54, 1.807) is 12.3 Å². The molecule has 4 heteroatoms. The first-order valence-corrected chi connectivity index (χ1v) is 8.26. The van der Waals surface area contributed by atoms with Gasteiger partial charge in [-0.1, -0.05) is 0 Å². The molecule has 0 N–H and O–H groups in total. The van der Waals surface area contributed by atoms with E-state index in [9.17, 15) is 4.79 Å². The van der Waals surface area contributed by atoms with E-state index in [1.807, 2.05) is 25.1 Å². The normalized spacial score (nSPS) is 14.8. The van der Waals surface area contributed by atoms with Gasteiger partial charge in [-0.25, -0.2) is 4.99 Å². The lowest BCUT2D eigenvalue weighted by atomic mass is 9.95. The summed E-state index contributed by atoms with van der Waals surface area (Å²) >= 11 is 0. The monoisotopic (exact) mass is 319 g/mol. The standard InChI is InChI=1S/C20H21N3O/c1-4-23(5-2)16-8-6-15(7-9-16)22-17-10-11-18(24)20-19(17)14(3)12-13-21-20/h6-13H,4-5H2,1-3H3. The zero-order valence-corrected chi connectivity index (χ0v) is 14.3. The number of nitrogens with zero attached hydrogens (tertiary/aromatic N) is 3. The third-order valence-corrected chi connectivity index (χ3v) is 4.27. The Labute approximate surface area is 142 Å². The lowest BCUT2D eigenvalue weighted by molar-refractivity contribution is 0.104. The minimum atomic E-state index is -0.0652. The number of fused-ring (bicyclic) bond motifs is 1. The van der Waals surface area contributed by atoms with Crippen LogP contribution in [0.3, 0.4) is 0 Å². The molecule has 0 atom stereocenters. The van der Waals surface area contributed by atoms with Gasteiger partial charge in [0.05, 0.1) is 11.4 Å². The van der Waals surface area contributed by atoms with Gasteiger partial charge in [0.15, 0.2) is 0 Å². The molecule has 0 unspecified atom stereocenters. The van der Waals surface area contributed by atoms with Crippen LogP contribution in [0.25, 0.3) is 0 Å². The van der Waals surface area contributed by atoms with Gasteiger partial charge in [0, 0.05) is 30.5 Å². The minimum absolute atomic E-state index is 0.0652. The molecule has 0 spiro atoms. The van der Waals surface area contributed by atoms with Gasteiger partial charge in [-0.05, 0) is 68.8 Å². The molecule has 2 aromatic rings. The average Bonchev–Trinajstić information content (AvgIpc) is 2.60. The fourth-order valence-electron chi connectivity index (χ4n) is 2.94. The summed E-state index contributed by atoms with van der Waals surface area (Å²) in [5, 5.41) is 0. The first-order valence-electron chi connectivity index (χ1n) is 8.26. The molecule has 1 aliphatic carbocycles. The highest BCUT2D eigenvalue weighted by Crippen LogP contribution is 2.24. The molecule has 0 saturated carbocycles. The molecule has 0 saturated heterocycles. The van der Waals surface area contributed by atoms with Crippen molar-refractivity contribution in [3.8, 4) is 0 Å². The molecule has 0 amide bonds. The Bertz CT molecular complexity index is 815. The van der Waals surface area contributed by atoms with Gasteiger partial charge in [-0.3, -0.25) is 9.78 Å². The van der Waals surface area contributed by atoms with Crippen LogP contribution in [-0.2, 0) is 0 Å². The number of carbonyl (C=O) groups is 1. The maximum atomic E-state index is 12.0. The average molecular weight is 319 g/mol. The fourth-order valence-corrected chi connectivity index (χ4v) is 2.94. The van der Waals surface area contributed by atoms with Crippen molar-refractivity contribution in [1.82, 2.24) is 4.98 Å². The van der Waals surface area contributed by atoms with Gasteiger partial charge in [0.2, 0.25) is 5.78 Å². The number of hydrogen-bond acceptors (Lipinski definition) is 4. The van der Waals surface area contributed by atoms with Gasteiger partial charge in [-0.2, -0.15) is 0 Å². The second-order valence-electron chi connectivity index (χ2n) is 5.73. The van der Waals surface area contributed by atoms with Crippen molar-refractivity contribution in [1.29, 1.82) is 0 Å². The van der Waals surface area contributed by atoms with Crippen LogP contribution in [0.4, 0.5) is 11.4 Å². The number of carbonyl (C=O) groups excluding carboxylic acids is 1. The Morgan fingerprint density at radius 3 is 2.42 bits per heavy atom. The topological polar surface area (TPSA) is 45.6 Å². The van der Waals surface area contributed by atoms with E-state index in [0.29, 0.717) is 5.69 Å². The number of aryl methyl sites for hydroxylation is 1. The summed E-state index contributed by atoms with van der Waals surface area (Å²) in [7, 11) is 0. The smallest absolute Gasteiger partial charge is 0.204 e. The molecule has 0 bridgehead atoms. The Morgan fingerprint density at radius 1 is 1.04 bits per heavy atom. The number of aliphatic imine (C=N–C) groups is 1. The van der Waals surface area contributed by atoms with Gasteiger partial charge < -0.3 is 4.90 Å². The Kier molecular flexibility index (Phi) is 4.56. The molecule has 1 aliphatic rings. The van der Waals surface area contributed by atoms with Crippen LogP contribution in [0.15, 0.2) is 53.7 Å². The van der Waals surface area contributed by atoms with E-state index in [1.165, 1.54) is 11.8 Å². The van der Waals surface area contributed by atoms with E-state index in [-0.39, 0.29) is 5.78 Å². The lowest BCUT2D eigenvalue weighted by Crippen LogP contribution is -2.21. The van der Waals surface area contributed by atoms with Gasteiger partial charge in [-0.15, -0.1) is 0 Å². The summed E-state index contributed by atoms with van der Waals surface area (Å²) < 4.78 is 0. The van der Waals surface area contributed by atoms with Gasteiger partial charge in [0.1, 0.15) is 5.69 Å². The van der Waals surface area contributed by atoms with Crippen LogP contribution >= 0.6 is 0 Å². The SMILES string of the molecule is CCN(CC)c1ccc(N=C2C=CC(=O)c3nccc(C)c32)cc1. The first-order chi connectivity index (χ1) is 11.6. The maximum Gasteiger partial charge on any atom is 0.204 e. The summed E-state index contributed by atoms with van der Waals surface area (Å²) in [5.41, 5.74) is 5.17. The van der Waals surface area contributed by atoms with Crippen LogP contribution in [0.1, 0.15) is 35.5 Å². The van der Waals surface area contributed by atoms with Crippen LogP contribution in [0.5, 0.6) is 0 Å². The molecule has 3 rings (SSSR count). The van der Waals surface area contributed by atoms with Crippen molar-refractivity contribution < 1.29 is 4.79 Å². The third kappa shape index (κ3) is 3.00. The van der Waals surface area contributed by atoms with Crippen LogP contribution in [0, 0.1) is 6.92 Å². The van der Waals surface area contributed by atoms with E-state index in [0.717, 1.165) is 35.6 Å². The zero-order valence-electron chi connectivity index (χ0n) is 14.3. The van der Waals surface area contributed by atoms with E-state index in [4.69, 9.17) is 4.99 Å². The second-order valence-corrected chi connectivity index (χ2v) is 5.73. The molecule has 0 aliphatic heterocycles. The number of pyridine rings is 1. The number of allylic oxidation sites excluding steroid dienone is 2. The highest BCUT2D eigenvalue weighted by molar-refractivity contribution is 6.24. The number of hydrogen-bond donors (Lipinski definition) is 0. The van der Waals surface area contributed by atoms with Crippen LogP contribution in [0.2, 0.25) is 0 Å². The van der Waals surface area contributed by atoms with Crippen LogP contribution < -0.4 is 4.90 Å². The molecule has 4 nitrogen and oxygen atoms in total. The van der Waals surface area contributed by atoms with Crippen molar-refractivity contribution in [2.45, 2.75) is 20.8 Å². The summed E-state index contributed by atoms with van der Waals surface area (Å²) in [6, 6.07) is 10.1. The Balaban J connectivity index is 1.98. The Morgan fingerprint density at radius 2 is 1.75 bits per heavy atom. The minimum Gasteiger partial charge on any atom is -0.372 e. The molecule has 0 radical (unpaired) electrons. The lowest BCUT2D eigenvalue weighted by Gasteiger charge is -2.21. The number of aromatic nitrogens is 1. The molecule has 0 fully saturated rings. The van der Waals surface area contributed by atoms with Crippen molar-refractivity contribution >= 4 is 22.9 Å². The predicted molar refractivity (Wildman–Crippen MR) is 98.6 cm³/mol. The fraction of sp³-hybridized carbons (Fsp3) is 0.250. The highest BCUT2D eigenvalue weighted by Gasteiger charge is 2.20. The Hall–Kier alpha value is -2.75. The zero-order chi connectivity index (χ0) is 17.1. The van der Waals surface area contributed by atoms with Gasteiger partial charge in [0.25, 0.3) is 0 Å². The molecule has 122 valence electrons. The van der Waals surface area contributed by atoms with Crippen molar-refractivity contribution in [3.05, 3.63) is 65.5 Å². The molecular formula is C20H21N3O. The van der Waals surface area contributed by atoms with Crippen LogP contribution in [-0.4, -0.2) is 29.6 Å². The molecular weight excluding hydrogens is 298 g/mol. The molecule has 1 heterocycles. The number of ketones is 1. The number of benzene rings is 1. The molecule has 1 aromatic heterocycles. The van der Waals surface area contributed by atoms with E-state index >= 15 is 0 Å². The van der Waals surface area contributed by atoms with Gasteiger partial charge >= 0.3 is 0 Å². The second kappa shape index (κ2) is 6.79.